The normalized spacial score (nSPS) is 38.9. The minimum atomic E-state index is -4.81. The van der Waals surface area contributed by atoms with Crippen molar-refractivity contribution < 1.29 is 49.1 Å². The van der Waals surface area contributed by atoms with Gasteiger partial charge in [0.25, 0.3) is 0 Å². The van der Waals surface area contributed by atoms with Gasteiger partial charge in [-0.1, -0.05) is 0 Å². The van der Waals surface area contributed by atoms with Gasteiger partial charge in [-0.05, 0) is 0 Å². The van der Waals surface area contributed by atoms with Crippen LogP contribution in [0, 0.1) is 0 Å². The van der Waals surface area contributed by atoms with E-state index < -0.39 is 44.8 Å². The molecule has 7 N–H and O–H groups in total. The maximum Gasteiger partial charge on any atom is 0.469 e. The van der Waals surface area contributed by atoms with Gasteiger partial charge >= 0.3 is 7.82 Å². The van der Waals surface area contributed by atoms with E-state index in [0.717, 1.165) is 0 Å². The average molecular weight is 276 g/mol. The summed E-state index contributed by atoms with van der Waals surface area (Å²) >= 11 is 0. The van der Waals surface area contributed by atoms with E-state index in [1.807, 2.05) is 0 Å². The van der Waals surface area contributed by atoms with Crippen molar-refractivity contribution in [3.8, 4) is 0 Å². The highest BCUT2D eigenvalue weighted by atomic mass is 31.2. The first-order valence-electron chi connectivity index (χ1n) is 4.40. The van der Waals surface area contributed by atoms with Crippen molar-refractivity contribution in [2.24, 2.45) is 0 Å². The van der Waals surface area contributed by atoms with Crippen molar-refractivity contribution >= 4 is 7.82 Å². The van der Waals surface area contributed by atoms with Crippen LogP contribution < -0.4 is 0 Å². The lowest BCUT2D eigenvalue weighted by molar-refractivity contribution is -0.327. The molecule has 10 nitrogen and oxygen atoms in total. The molecule has 17 heavy (non-hydrogen) atoms. The first-order valence-corrected chi connectivity index (χ1v) is 5.93. The Morgan fingerprint density at radius 3 is 2.24 bits per heavy atom. The predicted octanol–water partition coefficient (Wildman–Crippen LogP) is -3.78. The fourth-order valence-electron chi connectivity index (χ4n) is 1.35. The zero-order chi connectivity index (χ0) is 13.4. The van der Waals surface area contributed by atoms with Gasteiger partial charge in [0.1, 0.15) is 18.3 Å². The van der Waals surface area contributed by atoms with E-state index in [9.17, 15) is 19.9 Å². The van der Waals surface area contributed by atoms with E-state index in [1.54, 1.807) is 0 Å². The van der Waals surface area contributed by atoms with Crippen molar-refractivity contribution in [3.05, 3.63) is 0 Å². The summed E-state index contributed by atoms with van der Waals surface area (Å²) in [6.45, 7) is -0.850. The topological polar surface area (TPSA) is 177 Å². The minimum Gasteiger partial charge on any atom is -0.387 e. The average Bonchev–Trinajstić information content (AvgIpc) is 2.40. The fraction of sp³-hybridized carbons (Fsp3) is 1.00. The molecule has 4 atom stereocenters. The molecule has 0 aromatic rings. The first-order chi connectivity index (χ1) is 7.58. The molecule has 1 saturated heterocycles. The van der Waals surface area contributed by atoms with Crippen LogP contribution in [0.15, 0.2) is 0 Å². The van der Waals surface area contributed by atoms with Gasteiger partial charge in [0.2, 0.25) is 12.1 Å². The third-order valence-corrected chi connectivity index (χ3v) is 2.73. The van der Waals surface area contributed by atoms with Gasteiger partial charge in [0, 0.05) is 0 Å². The SMILES string of the molecule is O=P(O)(O)OC[C@H]1O[C@](O)(C(O)O)[C@@H](O)[C@@H]1O. The fourth-order valence-corrected chi connectivity index (χ4v) is 1.69. The lowest BCUT2D eigenvalue weighted by atomic mass is 10.1. The molecule has 11 heteroatoms. The van der Waals surface area contributed by atoms with Crippen LogP contribution in [0.1, 0.15) is 0 Å². The minimum absolute atomic E-state index is 0.850. The zero-order valence-corrected chi connectivity index (χ0v) is 9.21. The Kier molecular flexibility index (Phi) is 4.27. The second-order valence-corrected chi connectivity index (χ2v) is 4.74. The van der Waals surface area contributed by atoms with Crippen molar-refractivity contribution in [1.29, 1.82) is 0 Å². The highest BCUT2D eigenvalue weighted by molar-refractivity contribution is 7.46. The van der Waals surface area contributed by atoms with Crippen LogP contribution in [0.3, 0.4) is 0 Å². The standard InChI is InChI=1S/C6H13O10P/c7-3-2(1-15-17(12,13)14)16-6(11,4(3)8)5(9)10/h2-5,7-11H,1H2,(H2,12,13,14)/t2-,3-,4+,6+/m1/s1. The molecule has 102 valence electrons. The van der Waals surface area contributed by atoms with E-state index >= 15 is 0 Å². The maximum atomic E-state index is 10.4. The lowest BCUT2D eigenvalue weighted by Gasteiger charge is -2.27. The molecule has 1 fully saturated rings. The molecule has 0 aliphatic carbocycles. The van der Waals surface area contributed by atoms with Gasteiger partial charge in [0.15, 0.2) is 0 Å². The molecular formula is C6H13O10P. The summed E-state index contributed by atoms with van der Waals surface area (Å²) in [6.07, 6.45) is -7.89. The van der Waals surface area contributed by atoms with Crippen LogP contribution in [-0.2, 0) is 13.8 Å². The van der Waals surface area contributed by atoms with E-state index in [-0.39, 0.29) is 0 Å². The van der Waals surface area contributed by atoms with Crippen LogP contribution in [-0.4, -0.2) is 72.3 Å². The summed E-state index contributed by atoms with van der Waals surface area (Å²) in [7, 11) is -4.81. The van der Waals surface area contributed by atoms with Gasteiger partial charge in [-0.2, -0.15) is 0 Å². The molecule has 0 aromatic heterocycles. The molecule has 0 spiro atoms. The molecule has 0 radical (unpaired) electrons. The van der Waals surface area contributed by atoms with E-state index in [4.69, 9.17) is 20.0 Å². The molecule has 0 unspecified atom stereocenters. The number of ether oxygens (including phenoxy) is 1. The Morgan fingerprint density at radius 2 is 1.88 bits per heavy atom. The van der Waals surface area contributed by atoms with Gasteiger partial charge in [-0.3, -0.25) is 4.52 Å². The molecule has 0 aromatic carbocycles. The van der Waals surface area contributed by atoms with Crippen molar-refractivity contribution in [2.75, 3.05) is 6.61 Å². The van der Waals surface area contributed by atoms with Gasteiger partial charge in [-0.15, -0.1) is 0 Å². The predicted molar refractivity (Wildman–Crippen MR) is 48.1 cm³/mol. The number of aliphatic hydroxyl groups excluding tert-OH is 3. The smallest absolute Gasteiger partial charge is 0.387 e. The summed E-state index contributed by atoms with van der Waals surface area (Å²) < 4.78 is 18.9. The first kappa shape index (κ1) is 14.9. The van der Waals surface area contributed by atoms with Gasteiger partial charge in [-0.25, -0.2) is 4.57 Å². The summed E-state index contributed by atoms with van der Waals surface area (Å²) in [6, 6.07) is 0. The number of hydrogen-bond acceptors (Lipinski definition) is 8. The highest BCUT2D eigenvalue weighted by Crippen LogP contribution is 2.38. The molecular weight excluding hydrogens is 263 g/mol. The number of phosphoric acid groups is 1. The number of phosphoric ester groups is 1. The summed E-state index contributed by atoms with van der Waals surface area (Å²) in [4.78, 5) is 16.8. The lowest BCUT2D eigenvalue weighted by Crippen LogP contribution is -2.52. The van der Waals surface area contributed by atoms with Crippen LogP contribution in [0.25, 0.3) is 0 Å². The second-order valence-electron chi connectivity index (χ2n) is 3.50. The van der Waals surface area contributed by atoms with Crippen LogP contribution in [0.5, 0.6) is 0 Å². The van der Waals surface area contributed by atoms with E-state index in [2.05, 4.69) is 9.26 Å². The number of rotatable bonds is 4. The van der Waals surface area contributed by atoms with Crippen LogP contribution in [0.4, 0.5) is 0 Å². The maximum absolute atomic E-state index is 10.4. The second kappa shape index (κ2) is 4.86. The van der Waals surface area contributed by atoms with Gasteiger partial charge in [0.05, 0.1) is 6.61 Å². The Bertz CT molecular complexity index is 314. The monoisotopic (exact) mass is 276 g/mol. The number of hydrogen-bond donors (Lipinski definition) is 7. The Hall–Kier alpha value is -0.130. The zero-order valence-electron chi connectivity index (χ0n) is 8.32. The van der Waals surface area contributed by atoms with Crippen molar-refractivity contribution in [3.63, 3.8) is 0 Å². The van der Waals surface area contributed by atoms with Gasteiger partial charge < -0.3 is 40.1 Å². The van der Waals surface area contributed by atoms with E-state index in [0.29, 0.717) is 0 Å². The highest BCUT2D eigenvalue weighted by Gasteiger charge is 2.57. The Morgan fingerprint density at radius 1 is 1.35 bits per heavy atom. The van der Waals surface area contributed by atoms with Crippen LogP contribution >= 0.6 is 7.82 Å². The van der Waals surface area contributed by atoms with E-state index in [1.165, 1.54) is 0 Å². The third kappa shape index (κ3) is 3.20. The quantitative estimate of drug-likeness (QED) is 0.199. The Labute approximate surface area is 94.9 Å². The number of aliphatic hydroxyl groups is 5. The summed E-state index contributed by atoms with van der Waals surface area (Å²) in [5.74, 6) is -2.84. The molecule has 1 aliphatic rings. The molecule has 0 saturated carbocycles. The van der Waals surface area contributed by atoms with Crippen LogP contribution in [0.2, 0.25) is 0 Å². The Balaban J connectivity index is 2.69. The third-order valence-electron chi connectivity index (χ3n) is 2.25. The summed E-state index contributed by atoms with van der Waals surface area (Å²) in [5.41, 5.74) is 0. The molecule has 1 aliphatic heterocycles. The molecule has 0 bridgehead atoms. The molecule has 1 heterocycles. The van der Waals surface area contributed by atoms with Crippen molar-refractivity contribution in [2.45, 2.75) is 30.4 Å². The summed E-state index contributed by atoms with van der Waals surface area (Å²) in [5, 5.41) is 45.6. The largest absolute Gasteiger partial charge is 0.469 e. The molecule has 0 amide bonds. The molecule has 1 rings (SSSR count). The van der Waals surface area contributed by atoms with Crippen molar-refractivity contribution in [1.82, 2.24) is 0 Å².